The molecule has 0 amide bonds. The van der Waals surface area contributed by atoms with E-state index in [0.29, 0.717) is 11.5 Å². The number of benzene rings is 1. The number of nitrogens with two attached hydrogens (primary N) is 1. The minimum absolute atomic E-state index is 0.180. The quantitative estimate of drug-likeness (QED) is 0.925. The van der Waals surface area contributed by atoms with Crippen LogP contribution < -0.4 is 10.6 Å². The lowest BCUT2D eigenvalue weighted by Gasteiger charge is -2.39. The Morgan fingerprint density at radius 2 is 2.15 bits per heavy atom. The fraction of sp³-hybridized carbons (Fsp3) is 0.625. The number of ether oxygens (including phenoxy) is 1. The van der Waals surface area contributed by atoms with Crippen LogP contribution in [-0.4, -0.2) is 26.3 Å². The van der Waals surface area contributed by atoms with Crippen molar-refractivity contribution in [3.63, 3.8) is 0 Å². The van der Waals surface area contributed by atoms with Gasteiger partial charge in [-0.25, -0.2) is 4.39 Å². The molecule has 0 aromatic heterocycles. The van der Waals surface area contributed by atoms with E-state index in [2.05, 4.69) is 11.8 Å². The van der Waals surface area contributed by atoms with Crippen LogP contribution in [0.4, 0.5) is 10.1 Å². The molecule has 1 fully saturated rings. The number of aryl methyl sites for hydroxylation is 1. The van der Waals surface area contributed by atoms with Crippen LogP contribution in [-0.2, 0) is 4.74 Å². The fourth-order valence-electron chi connectivity index (χ4n) is 2.88. The average molecular weight is 280 g/mol. The minimum atomic E-state index is -0.185. The van der Waals surface area contributed by atoms with Gasteiger partial charge in [-0.1, -0.05) is 6.92 Å². The molecule has 1 saturated heterocycles. The van der Waals surface area contributed by atoms with Crippen molar-refractivity contribution in [1.82, 2.24) is 0 Å². The molecular weight excluding hydrogens is 255 g/mol. The molecule has 3 atom stereocenters. The van der Waals surface area contributed by atoms with Gasteiger partial charge < -0.3 is 15.4 Å². The molecule has 1 aromatic carbocycles. The molecule has 112 valence electrons. The molecule has 2 rings (SSSR count). The molecule has 0 spiro atoms. The monoisotopic (exact) mass is 280 g/mol. The summed E-state index contributed by atoms with van der Waals surface area (Å²) in [4.78, 5) is 2.28. The van der Waals surface area contributed by atoms with Crippen LogP contribution in [0.2, 0.25) is 0 Å². The molecule has 1 heterocycles. The summed E-state index contributed by atoms with van der Waals surface area (Å²) in [6, 6.07) is 3.31. The number of hydrogen-bond acceptors (Lipinski definition) is 3. The van der Waals surface area contributed by atoms with Crippen LogP contribution in [0.15, 0.2) is 12.1 Å². The molecule has 0 radical (unpaired) electrons. The first-order chi connectivity index (χ1) is 9.43. The van der Waals surface area contributed by atoms with E-state index in [1.54, 1.807) is 20.1 Å². The van der Waals surface area contributed by atoms with Crippen LogP contribution in [0, 0.1) is 18.7 Å². The second-order valence-corrected chi connectivity index (χ2v) is 5.94. The molecule has 2 unspecified atom stereocenters. The van der Waals surface area contributed by atoms with E-state index in [-0.39, 0.29) is 18.0 Å². The molecular formula is C16H25FN2O. The van der Waals surface area contributed by atoms with Gasteiger partial charge in [-0.2, -0.15) is 0 Å². The second-order valence-electron chi connectivity index (χ2n) is 5.94. The normalized spacial score (nSPS) is 24.8. The van der Waals surface area contributed by atoms with Crippen molar-refractivity contribution in [2.45, 2.75) is 39.3 Å². The number of rotatable bonds is 3. The van der Waals surface area contributed by atoms with Crippen molar-refractivity contribution < 1.29 is 9.13 Å². The molecule has 20 heavy (non-hydrogen) atoms. The topological polar surface area (TPSA) is 38.5 Å². The summed E-state index contributed by atoms with van der Waals surface area (Å²) in [5, 5.41) is 0. The first-order valence-corrected chi connectivity index (χ1v) is 7.27. The lowest BCUT2D eigenvalue weighted by molar-refractivity contribution is 0.0498. The predicted octanol–water partition coefficient (Wildman–Crippen LogP) is 3.02. The third-order valence-electron chi connectivity index (χ3n) is 4.33. The van der Waals surface area contributed by atoms with Crippen molar-refractivity contribution in [3.05, 3.63) is 29.1 Å². The largest absolute Gasteiger partial charge is 0.379 e. The molecule has 1 aliphatic rings. The summed E-state index contributed by atoms with van der Waals surface area (Å²) in [5.74, 6) is 0.367. The zero-order valence-corrected chi connectivity index (χ0v) is 12.8. The van der Waals surface area contributed by atoms with Crippen molar-refractivity contribution in [2.24, 2.45) is 11.7 Å². The highest BCUT2D eigenvalue weighted by Gasteiger charge is 2.28. The molecule has 1 aliphatic heterocycles. The third kappa shape index (κ3) is 2.96. The van der Waals surface area contributed by atoms with Crippen LogP contribution in [0.1, 0.15) is 37.4 Å². The van der Waals surface area contributed by atoms with Crippen LogP contribution >= 0.6 is 0 Å². The average Bonchev–Trinajstić information content (AvgIpc) is 2.41. The Bertz CT molecular complexity index is 476. The number of piperidine rings is 1. The van der Waals surface area contributed by atoms with E-state index in [1.807, 2.05) is 13.0 Å². The van der Waals surface area contributed by atoms with Gasteiger partial charge in [0.1, 0.15) is 5.82 Å². The molecule has 3 nitrogen and oxygen atoms in total. The van der Waals surface area contributed by atoms with E-state index in [4.69, 9.17) is 10.5 Å². The Labute approximate surface area is 120 Å². The maximum Gasteiger partial charge on any atom is 0.126 e. The lowest BCUT2D eigenvalue weighted by Crippen LogP contribution is -2.44. The Morgan fingerprint density at radius 1 is 1.45 bits per heavy atom. The van der Waals surface area contributed by atoms with Gasteiger partial charge in [0.25, 0.3) is 0 Å². The van der Waals surface area contributed by atoms with Gasteiger partial charge in [0.15, 0.2) is 0 Å². The van der Waals surface area contributed by atoms with E-state index in [9.17, 15) is 4.39 Å². The van der Waals surface area contributed by atoms with Crippen LogP contribution in [0.25, 0.3) is 0 Å². The number of methoxy groups -OCH3 is 1. The standard InChI is InChI=1S/C16H25FN2O/c1-10-5-6-19(9-16(10)20-4)15-7-11(2)14(17)8-13(15)12(3)18/h7-8,10,12,16H,5-6,9,18H2,1-4H3/t10?,12-,16?/m0/s1. The highest BCUT2D eigenvalue weighted by molar-refractivity contribution is 5.57. The summed E-state index contributed by atoms with van der Waals surface area (Å²) >= 11 is 0. The lowest BCUT2D eigenvalue weighted by atomic mass is 9.94. The van der Waals surface area contributed by atoms with Gasteiger partial charge in [-0.3, -0.25) is 0 Å². The van der Waals surface area contributed by atoms with Crippen molar-refractivity contribution in [2.75, 3.05) is 25.1 Å². The molecule has 0 bridgehead atoms. The van der Waals surface area contributed by atoms with Crippen molar-refractivity contribution >= 4 is 5.69 Å². The van der Waals surface area contributed by atoms with E-state index >= 15 is 0 Å². The predicted molar refractivity (Wildman–Crippen MR) is 80.5 cm³/mol. The molecule has 1 aromatic rings. The molecule has 0 saturated carbocycles. The van der Waals surface area contributed by atoms with Gasteiger partial charge in [0.05, 0.1) is 6.10 Å². The number of hydrogen-bond donors (Lipinski definition) is 1. The highest BCUT2D eigenvalue weighted by atomic mass is 19.1. The van der Waals surface area contributed by atoms with Crippen LogP contribution in [0.3, 0.4) is 0 Å². The van der Waals surface area contributed by atoms with Crippen molar-refractivity contribution in [3.8, 4) is 0 Å². The van der Waals surface area contributed by atoms with Gasteiger partial charge in [-0.15, -0.1) is 0 Å². The van der Waals surface area contributed by atoms with Gasteiger partial charge in [-0.05, 0) is 49.4 Å². The maximum atomic E-state index is 13.8. The number of nitrogens with zero attached hydrogens (tertiary/aromatic N) is 1. The summed E-state index contributed by atoms with van der Waals surface area (Å²) in [6.07, 6.45) is 1.29. The van der Waals surface area contributed by atoms with Gasteiger partial charge in [0, 0.05) is 31.9 Å². The third-order valence-corrected chi connectivity index (χ3v) is 4.33. The summed E-state index contributed by atoms with van der Waals surface area (Å²) in [5.41, 5.74) is 8.60. The number of halogens is 1. The van der Waals surface area contributed by atoms with E-state index in [0.717, 1.165) is 30.8 Å². The maximum absolute atomic E-state index is 13.8. The molecule has 0 aliphatic carbocycles. The van der Waals surface area contributed by atoms with Crippen molar-refractivity contribution in [1.29, 1.82) is 0 Å². The summed E-state index contributed by atoms with van der Waals surface area (Å²) in [7, 11) is 1.76. The Balaban J connectivity index is 2.34. The summed E-state index contributed by atoms with van der Waals surface area (Å²) in [6.45, 7) is 7.71. The molecule has 2 N–H and O–H groups in total. The van der Waals surface area contributed by atoms with E-state index in [1.165, 1.54) is 0 Å². The Hall–Kier alpha value is -1.13. The number of anilines is 1. The highest BCUT2D eigenvalue weighted by Crippen LogP contribution is 2.32. The first-order valence-electron chi connectivity index (χ1n) is 7.27. The Morgan fingerprint density at radius 3 is 2.75 bits per heavy atom. The fourth-order valence-corrected chi connectivity index (χ4v) is 2.88. The zero-order chi connectivity index (χ0) is 14.9. The summed E-state index contributed by atoms with van der Waals surface area (Å²) < 4.78 is 19.4. The van der Waals surface area contributed by atoms with Crippen LogP contribution in [0.5, 0.6) is 0 Å². The van der Waals surface area contributed by atoms with Gasteiger partial charge in [0.2, 0.25) is 0 Å². The molecule has 4 heteroatoms. The minimum Gasteiger partial charge on any atom is -0.379 e. The smallest absolute Gasteiger partial charge is 0.126 e. The first kappa shape index (κ1) is 15.3. The van der Waals surface area contributed by atoms with E-state index < -0.39 is 0 Å². The SMILES string of the molecule is COC1CN(c2cc(C)c(F)cc2[C@H](C)N)CCC1C. The van der Waals surface area contributed by atoms with Gasteiger partial charge >= 0.3 is 0 Å². The second kappa shape index (κ2) is 6.10. The zero-order valence-electron chi connectivity index (χ0n) is 12.8. The Kier molecular flexibility index (Phi) is 4.66.